The van der Waals surface area contributed by atoms with E-state index >= 15 is 0 Å². The van der Waals surface area contributed by atoms with Gasteiger partial charge in [-0.1, -0.05) is 12.8 Å². The summed E-state index contributed by atoms with van der Waals surface area (Å²) in [6, 6.07) is 0.441. The molecule has 15 heavy (non-hydrogen) atoms. The van der Waals surface area contributed by atoms with E-state index in [0.717, 1.165) is 25.9 Å². The van der Waals surface area contributed by atoms with Crippen LogP contribution in [-0.2, 0) is 9.78 Å². The SMILES string of the molecule is COO[C@H]1CCCC[C@@H]1N1CC[C@@H](O)C1. The van der Waals surface area contributed by atoms with E-state index in [1.807, 2.05) is 0 Å². The minimum absolute atomic E-state index is 0.143. The molecule has 1 heterocycles. The van der Waals surface area contributed by atoms with Crippen LogP contribution in [0.15, 0.2) is 0 Å². The Morgan fingerprint density at radius 2 is 2.00 bits per heavy atom. The molecule has 0 aromatic heterocycles. The first-order chi connectivity index (χ1) is 7.31. The summed E-state index contributed by atoms with van der Waals surface area (Å²) in [6.07, 6.45) is 5.67. The van der Waals surface area contributed by atoms with Crippen LogP contribution in [0, 0.1) is 0 Å². The topological polar surface area (TPSA) is 41.9 Å². The molecule has 2 fully saturated rings. The van der Waals surface area contributed by atoms with Crippen LogP contribution in [0.1, 0.15) is 32.1 Å². The molecule has 0 spiro atoms. The average Bonchev–Trinajstić information content (AvgIpc) is 2.66. The predicted molar refractivity (Wildman–Crippen MR) is 56.3 cm³/mol. The van der Waals surface area contributed by atoms with Gasteiger partial charge in [0.25, 0.3) is 0 Å². The van der Waals surface area contributed by atoms with Gasteiger partial charge in [0.15, 0.2) is 0 Å². The van der Waals surface area contributed by atoms with Gasteiger partial charge in [-0.3, -0.25) is 4.90 Å². The van der Waals surface area contributed by atoms with E-state index in [0.29, 0.717) is 6.04 Å². The van der Waals surface area contributed by atoms with E-state index in [4.69, 9.17) is 9.78 Å². The Morgan fingerprint density at radius 1 is 1.20 bits per heavy atom. The van der Waals surface area contributed by atoms with E-state index in [1.165, 1.54) is 19.3 Å². The molecule has 0 unspecified atom stereocenters. The van der Waals surface area contributed by atoms with Crippen LogP contribution < -0.4 is 0 Å². The number of rotatable bonds is 3. The molecule has 88 valence electrons. The monoisotopic (exact) mass is 215 g/mol. The zero-order valence-electron chi connectivity index (χ0n) is 9.39. The van der Waals surface area contributed by atoms with Crippen molar-refractivity contribution in [3.63, 3.8) is 0 Å². The number of β-amino-alcohol motifs (C(OH)–C–C–N with tert-alkyl or cyclic N) is 1. The van der Waals surface area contributed by atoms with Crippen molar-refractivity contribution in [3.8, 4) is 0 Å². The highest BCUT2D eigenvalue weighted by molar-refractivity contribution is 4.88. The summed E-state index contributed by atoms with van der Waals surface area (Å²) < 4.78 is 0. The van der Waals surface area contributed by atoms with Gasteiger partial charge in [-0.05, 0) is 19.3 Å². The third kappa shape index (κ3) is 2.69. The van der Waals surface area contributed by atoms with Gasteiger partial charge >= 0.3 is 0 Å². The summed E-state index contributed by atoms with van der Waals surface area (Å²) in [7, 11) is 1.57. The van der Waals surface area contributed by atoms with E-state index in [1.54, 1.807) is 7.11 Å². The molecule has 0 aromatic rings. The molecule has 2 rings (SSSR count). The molecule has 4 heteroatoms. The van der Waals surface area contributed by atoms with Crippen molar-refractivity contribution < 1.29 is 14.9 Å². The molecule has 1 saturated carbocycles. The van der Waals surface area contributed by atoms with Crippen molar-refractivity contribution in [2.75, 3.05) is 20.2 Å². The minimum atomic E-state index is -0.143. The Labute approximate surface area is 91.1 Å². The lowest BCUT2D eigenvalue weighted by Crippen LogP contribution is -2.45. The van der Waals surface area contributed by atoms with Gasteiger partial charge in [-0.15, -0.1) is 0 Å². The van der Waals surface area contributed by atoms with Gasteiger partial charge in [0.05, 0.1) is 13.2 Å². The number of nitrogens with zero attached hydrogens (tertiary/aromatic N) is 1. The third-order valence-electron chi connectivity index (χ3n) is 3.55. The summed E-state index contributed by atoms with van der Waals surface area (Å²) in [4.78, 5) is 12.5. The molecule has 0 radical (unpaired) electrons. The molecular formula is C11H21NO3. The van der Waals surface area contributed by atoms with E-state index in [2.05, 4.69) is 4.90 Å². The Hall–Kier alpha value is -0.160. The number of aliphatic hydroxyl groups is 1. The number of likely N-dealkylation sites (tertiary alicyclic amines) is 1. The largest absolute Gasteiger partial charge is 0.392 e. The van der Waals surface area contributed by atoms with Crippen molar-refractivity contribution in [1.82, 2.24) is 4.90 Å². The molecule has 1 aliphatic carbocycles. The predicted octanol–water partition coefficient (Wildman–Crippen LogP) is 0.942. The van der Waals surface area contributed by atoms with Gasteiger partial charge in [0.1, 0.15) is 6.10 Å². The first-order valence-corrected chi connectivity index (χ1v) is 5.93. The molecule has 2 aliphatic rings. The zero-order chi connectivity index (χ0) is 10.7. The average molecular weight is 215 g/mol. The Bertz CT molecular complexity index is 194. The van der Waals surface area contributed by atoms with Crippen LogP contribution in [0.5, 0.6) is 0 Å². The smallest absolute Gasteiger partial charge is 0.108 e. The Morgan fingerprint density at radius 3 is 2.67 bits per heavy atom. The van der Waals surface area contributed by atoms with Gasteiger partial charge in [0, 0.05) is 19.1 Å². The molecule has 1 N–H and O–H groups in total. The summed E-state index contributed by atoms with van der Waals surface area (Å²) in [5.74, 6) is 0. The van der Waals surface area contributed by atoms with Crippen molar-refractivity contribution in [2.45, 2.75) is 50.4 Å². The second-order valence-electron chi connectivity index (χ2n) is 4.59. The highest BCUT2D eigenvalue weighted by Gasteiger charge is 2.35. The Kier molecular flexibility index (Phi) is 3.97. The van der Waals surface area contributed by atoms with Crippen molar-refractivity contribution in [1.29, 1.82) is 0 Å². The minimum Gasteiger partial charge on any atom is -0.392 e. The highest BCUT2D eigenvalue weighted by Crippen LogP contribution is 2.28. The lowest BCUT2D eigenvalue weighted by molar-refractivity contribution is -0.319. The molecule has 0 bridgehead atoms. The van der Waals surface area contributed by atoms with Crippen LogP contribution in [0.4, 0.5) is 0 Å². The maximum absolute atomic E-state index is 9.53. The van der Waals surface area contributed by atoms with Crippen molar-refractivity contribution in [3.05, 3.63) is 0 Å². The maximum Gasteiger partial charge on any atom is 0.108 e. The van der Waals surface area contributed by atoms with Crippen LogP contribution in [0.2, 0.25) is 0 Å². The van der Waals surface area contributed by atoms with Crippen LogP contribution >= 0.6 is 0 Å². The summed E-state index contributed by atoms with van der Waals surface area (Å²) in [5.41, 5.74) is 0. The lowest BCUT2D eigenvalue weighted by atomic mass is 9.91. The normalized spacial score (nSPS) is 38.4. The number of hydrogen-bond acceptors (Lipinski definition) is 4. The van der Waals surface area contributed by atoms with Gasteiger partial charge < -0.3 is 5.11 Å². The van der Waals surface area contributed by atoms with E-state index in [-0.39, 0.29) is 12.2 Å². The van der Waals surface area contributed by atoms with Crippen molar-refractivity contribution in [2.24, 2.45) is 0 Å². The van der Waals surface area contributed by atoms with Gasteiger partial charge in [0.2, 0.25) is 0 Å². The molecule has 3 atom stereocenters. The molecular weight excluding hydrogens is 194 g/mol. The first-order valence-electron chi connectivity index (χ1n) is 5.93. The maximum atomic E-state index is 9.53. The van der Waals surface area contributed by atoms with Crippen LogP contribution in [-0.4, -0.2) is 48.5 Å². The van der Waals surface area contributed by atoms with Crippen LogP contribution in [0.3, 0.4) is 0 Å². The summed E-state index contributed by atoms with van der Waals surface area (Å²) in [6.45, 7) is 1.80. The summed E-state index contributed by atoms with van der Waals surface area (Å²) in [5, 5.41) is 9.53. The van der Waals surface area contributed by atoms with Crippen LogP contribution in [0.25, 0.3) is 0 Å². The fourth-order valence-electron chi connectivity index (χ4n) is 2.80. The van der Waals surface area contributed by atoms with Gasteiger partial charge in [-0.25, -0.2) is 9.78 Å². The van der Waals surface area contributed by atoms with E-state index < -0.39 is 0 Å². The summed E-state index contributed by atoms with van der Waals surface area (Å²) >= 11 is 0. The second kappa shape index (κ2) is 5.25. The number of hydrogen-bond donors (Lipinski definition) is 1. The highest BCUT2D eigenvalue weighted by atomic mass is 17.2. The second-order valence-corrected chi connectivity index (χ2v) is 4.59. The fraction of sp³-hybridized carbons (Fsp3) is 1.00. The molecule has 1 saturated heterocycles. The van der Waals surface area contributed by atoms with E-state index in [9.17, 15) is 5.11 Å². The third-order valence-corrected chi connectivity index (χ3v) is 3.55. The first kappa shape index (κ1) is 11.3. The molecule has 1 aliphatic heterocycles. The van der Waals surface area contributed by atoms with Gasteiger partial charge in [-0.2, -0.15) is 0 Å². The zero-order valence-corrected chi connectivity index (χ0v) is 9.39. The fourth-order valence-corrected chi connectivity index (χ4v) is 2.80. The Balaban J connectivity index is 1.92. The standard InChI is InChI=1S/C11H21NO3/c1-14-15-11-5-3-2-4-10(11)12-7-6-9(13)8-12/h9-11,13H,2-8H2,1H3/t9-,10+,11+/m1/s1. The molecule has 0 amide bonds. The lowest BCUT2D eigenvalue weighted by Gasteiger charge is -2.36. The van der Waals surface area contributed by atoms with Crippen molar-refractivity contribution >= 4 is 0 Å². The number of aliphatic hydroxyl groups excluding tert-OH is 1. The quantitative estimate of drug-likeness (QED) is 0.562. The molecule has 0 aromatic carbocycles. The molecule has 4 nitrogen and oxygen atoms in total.